The number of amides is 1. The van der Waals surface area contributed by atoms with Gasteiger partial charge in [0.15, 0.2) is 5.78 Å². The maximum atomic E-state index is 13.3. The third kappa shape index (κ3) is 5.25. The summed E-state index contributed by atoms with van der Waals surface area (Å²) in [6.45, 7) is 7.91. The Bertz CT molecular complexity index is 659. The van der Waals surface area contributed by atoms with Crippen LogP contribution in [0.5, 0.6) is 0 Å². The van der Waals surface area contributed by atoms with Gasteiger partial charge in [0.1, 0.15) is 11.4 Å². The van der Waals surface area contributed by atoms with Crippen LogP contribution in [-0.2, 0) is 9.47 Å². The standard InChI is InChI=1S/C18H23BrFNO4/c1-11-9-24-10-13(21(11)17(23)25-18(2,3)4)8-16(22)12-5-6-15(20)14(19)7-12/h5-7,11,13H,8-10H2,1-4H3. The van der Waals surface area contributed by atoms with Gasteiger partial charge in [-0.15, -0.1) is 0 Å². The molecule has 1 aliphatic rings. The van der Waals surface area contributed by atoms with E-state index in [1.807, 2.05) is 6.92 Å². The van der Waals surface area contributed by atoms with Crippen LogP contribution < -0.4 is 0 Å². The Labute approximate surface area is 155 Å². The SMILES string of the molecule is CC1COCC(CC(=O)c2ccc(F)c(Br)c2)N1C(=O)OC(C)(C)C. The van der Waals surface area contributed by atoms with Crippen molar-refractivity contribution in [3.05, 3.63) is 34.1 Å². The second-order valence-electron chi connectivity index (χ2n) is 7.18. The van der Waals surface area contributed by atoms with Crippen LogP contribution >= 0.6 is 15.9 Å². The minimum absolute atomic E-state index is 0.0850. The average molecular weight is 416 g/mol. The van der Waals surface area contributed by atoms with E-state index < -0.39 is 23.6 Å². The summed E-state index contributed by atoms with van der Waals surface area (Å²) in [5, 5.41) is 0. The molecular weight excluding hydrogens is 393 g/mol. The maximum absolute atomic E-state index is 13.3. The summed E-state index contributed by atoms with van der Waals surface area (Å²) in [6, 6.07) is 3.51. The zero-order valence-electron chi connectivity index (χ0n) is 14.8. The topological polar surface area (TPSA) is 55.8 Å². The van der Waals surface area contributed by atoms with Crippen molar-refractivity contribution in [1.29, 1.82) is 0 Å². The van der Waals surface area contributed by atoms with Gasteiger partial charge in [0.05, 0.1) is 29.8 Å². The zero-order chi connectivity index (χ0) is 18.8. The monoisotopic (exact) mass is 415 g/mol. The van der Waals surface area contributed by atoms with Crippen LogP contribution in [0.2, 0.25) is 0 Å². The first kappa shape index (κ1) is 19.8. The van der Waals surface area contributed by atoms with Gasteiger partial charge in [-0.2, -0.15) is 0 Å². The number of hydrogen-bond donors (Lipinski definition) is 0. The van der Waals surface area contributed by atoms with E-state index in [0.717, 1.165) is 0 Å². The molecule has 0 aromatic heterocycles. The number of ether oxygens (including phenoxy) is 2. The van der Waals surface area contributed by atoms with Crippen molar-refractivity contribution in [2.24, 2.45) is 0 Å². The minimum atomic E-state index is -0.620. The molecule has 5 nitrogen and oxygen atoms in total. The third-order valence-electron chi connectivity index (χ3n) is 3.80. The van der Waals surface area contributed by atoms with Crippen LogP contribution in [0.1, 0.15) is 44.5 Å². The maximum Gasteiger partial charge on any atom is 0.410 e. The lowest BCUT2D eigenvalue weighted by Crippen LogP contribution is -2.55. The Balaban J connectivity index is 2.15. The fourth-order valence-corrected chi connectivity index (χ4v) is 3.08. The van der Waals surface area contributed by atoms with Crippen LogP contribution in [0, 0.1) is 5.82 Å². The van der Waals surface area contributed by atoms with Crippen molar-refractivity contribution >= 4 is 27.8 Å². The highest BCUT2D eigenvalue weighted by molar-refractivity contribution is 9.10. The van der Waals surface area contributed by atoms with Crippen LogP contribution in [-0.4, -0.2) is 47.7 Å². The van der Waals surface area contributed by atoms with Gasteiger partial charge in [0.25, 0.3) is 0 Å². The molecule has 0 N–H and O–H groups in total. The lowest BCUT2D eigenvalue weighted by molar-refractivity contribution is -0.0558. The molecule has 1 heterocycles. The molecule has 1 aliphatic heterocycles. The number of nitrogens with zero attached hydrogens (tertiary/aromatic N) is 1. The Morgan fingerprint density at radius 1 is 1.36 bits per heavy atom. The number of rotatable bonds is 3. The van der Waals surface area contributed by atoms with Gasteiger partial charge in [0, 0.05) is 12.0 Å². The van der Waals surface area contributed by atoms with Gasteiger partial charge in [0.2, 0.25) is 0 Å². The molecular formula is C18H23BrFNO4. The molecule has 25 heavy (non-hydrogen) atoms. The highest BCUT2D eigenvalue weighted by Gasteiger charge is 2.36. The highest BCUT2D eigenvalue weighted by atomic mass is 79.9. The lowest BCUT2D eigenvalue weighted by Gasteiger charge is -2.40. The molecule has 2 atom stereocenters. The van der Waals surface area contributed by atoms with Crippen molar-refractivity contribution < 1.29 is 23.5 Å². The van der Waals surface area contributed by atoms with E-state index in [4.69, 9.17) is 9.47 Å². The van der Waals surface area contributed by atoms with E-state index >= 15 is 0 Å². The molecule has 1 aromatic rings. The van der Waals surface area contributed by atoms with E-state index in [-0.39, 0.29) is 29.3 Å². The molecule has 138 valence electrons. The van der Waals surface area contributed by atoms with Crippen LogP contribution in [0.15, 0.2) is 22.7 Å². The number of carbonyl (C=O) groups is 2. The van der Waals surface area contributed by atoms with Gasteiger partial charge >= 0.3 is 6.09 Å². The van der Waals surface area contributed by atoms with E-state index in [9.17, 15) is 14.0 Å². The Kier molecular flexibility index (Phi) is 6.21. The minimum Gasteiger partial charge on any atom is -0.444 e. The van der Waals surface area contributed by atoms with E-state index in [1.54, 1.807) is 25.7 Å². The van der Waals surface area contributed by atoms with Crippen LogP contribution in [0.25, 0.3) is 0 Å². The molecule has 1 amide bonds. The van der Waals surface area contributed by atoms with Crippen molar-refractivity contribution in [2.75, 3.05) is 13.2 Å². The molecule has 1 aromatic carbocycles. The smallest absolute Gasteiger partial charge is 0.410 e. The summed E-state index contributed by atoms with van der Waals surface area (Å²) in [6.07, 6.45) is -0.372. The zero-order valence-corrected chi connectivity index (χ0v) is 16.4. The number of benzene rings is 1. The quantitative estimate of drug-likeness (QED) is 0.694. The van der Waals surface area contributed by atoms with Crippen LogP contribution in [0.4, 0.5) is 9.18 Å². The Morgan fingerprint density at radius 3 is 2.64 bits per heavy atom. The fourth-order valence-electron chi connectivity index (χ4n) is 2.70. The molecule has 2 unspecified atom stereocenters. The average Bonchev–Trinajstić information content (AvgIpc) is 2.48. The molecule has 1 saturated heterocycles. The summed E-state index contributed by atoms with van der Waals surface area (Å²) < 4.78 is 24.6. The number of carbonyl (C=O) groups excluding carboxylic acids is 2. The summed E-state index contributed by atoms with van der Waals surface area (Å²) in [4.78, 5) is 26.7. The second kappa shape index (κ2) is 7.83. The fraction of sp³-hybridized carbons (Fsp3) is 0.556. The summed E-state index contributed by atoms with van der Waals surface area (Å²) in [7, 11) is 0. The first-order valence-electron chi connectivity index (χ1n) is 8.16. The first-order valence-corrected chi connectivity index (χ1v) is 8.95. The van der Waals surface area contributed by atoms with E-state index in [0.29, 0.717) is 12.2 Å². The Morgan fingerprint density at radius 2 is 2.04 bits per heavy atom. The molecule has 1 fully saturated rings. The van der Waals surface area contributed by atoms with Crippen molar-refractivity contribution in [2.45, 2.75) is 51.8 Å². The summed E-state index contributed by atoms with van der Waals surface area (Å²) in [5.74, 6) is -0.612. The normalized spacial score (nSPS) is 21.1. The van der Waals surface area contributed by atoms with Crippen molar-refractivity contribution in [3.8, 4) is 0 Å². The Hall–Kier alpha value is -1.47. The second-order valence-corrected chi connectivity index (χ2v) is 8.04. The van der Waals surface area contributed by atoms with E-state index in [1.165, 1.54) is 18.2 Å². The molecule has 0 radical (unpaired) electrons. The highest BCUT2D eigenvalue weighted by Crippen LogP contribution is 2.23. The van der Waals surface area contributed by atoms with Crippen molar-refractivity contribution in [1.82, 2.24) is 4.90 Å². The number of Topliss-reactive ketones (excluding diaryl/α,β-unsaturated/α-hetero) is 1. The third-order valence-corrected chi connectivity index (χ3v) is 4.41. The van der Waals surface area contributed by atoms with Gasteiger partial charge in [-0.1, -0.05) is 0 Å². The molecule has 0 aliphatic carbocycles. The van der Waals surface area contributed by atoms with Gasteiger partial charge < -0.3 is 9.47 Å². The van der Waals surface area contributed by atoms with E-state index in [2.05, 4.69) is 15.9 Å². The van der Waals surface area contributed by atoms with Gasteiger partial charge in [-0.3, -0.25) is 9.69 Å². The predicted octanol–water partition coefficient (Wildman–Crippen LogP) is 4.19. The predicted molar refractivity (Wildman–Crippen MR) is 95.2 cm³/mol. The molecule has 0 saturated carbocycles. The van der Waals surface area contributed by atoms with Crippen LogP contribution in [0.3, 0.4) is 0 Å². The largest absolute Gasteiger partial charge is 0.444 e. The molecule has 0 bridgehead atoms. The first-order chi connectivity index (χ1) is 11.6. The van der Waals surface area contributed by atoms with Gasteiger partial charge in [-0.25, -0.2) is 9.18 Å². The molecule has 2 rings (SSSR count). The number of hydrogen-bond acceptors (Lipinski definition) is 4. The number of halogens is 2. The summed E-state index contributed by atoms with van der Waals surface area (Å²) >= 11 is 3.08. The molecule has 7 heteroatoms. The number of morpholine rings is 1. The summed E-state index contributed by atoms with van der Waals surface area (Å²) in [5.41, 5.74) is -0.235. The molecule has 0 spiro atoms. The van der Waals surface area contributed by atoms with Crippen molar-refractivity contribution in [3.63, 3.8) is 0 Å². The lowest BCUT2D eigenvalue weighted by atomic mass is 10.0. The van der Waals surface area contributed by atoms with Gasteiger partial charge in [-0.05, 0) is 61.8 Å². The number of ketones is 1.